The van der Waals surface area contributed by atoms with Crippen LogP contribution < -0.4 is 4.74 Å². The van der Waals surface area contributed by atoms with Crippen molar-refractivity contribution in [2.24, 2.45) is 4.99 Å². The number of esters is 1. The Kier molecular flexibility index (Phi) is 6.30. The number of nitrogens with zero attached hydrogens (tertiary/aromatic N) is 1. The SMILES string of the molecule is Cc1ccc(OCCSc2ccccc2)c(/C=C2/N=C(c3ccccc3)OC2=O)c1. The molecule has 150 valence electrons. The van der Waals surface area contributed by atoms with Gasteiger partial charge in [-0.2, -0.15) is 0 Å². The molecule has 0 radical (unpaired) electrons. The molecule has 0 fully saturated rings. The van der Waals surface area contributed by atoms with E-state index < -0.39 is 5.97 Å². The van der Waals surface area contributed by atoms with E-state index in [1.54, 1.807) is 17.8 Å². The number of hydrogen-bond donors (Lipinski definition) is 0. The highest BCUT2D eigenvalue weighted by atomic mass is 32.2. The lowest BCUT2D eigenvalue weighted by Crippen LogP contribution is -2.05. The fraction of sp³-hybridized carbons (Fsp3) is 0.120. The van der Waals surface area contributed by atoms with Crippen molar-refractivity contribution < 1.29 is 14.3 Å². The van der Waals surface area contributed by atoms with Crippen LogP contribution in [0.3, 0.4) is 0 Å². The average molecular weight is 416 g/mol. The Bertz CT molecular complexity index is 1090. The second-order valence-corrected chi connectivity index (χ2v) is 7.92. The van der Waals surface area contributed by atoms with Crippen molar-refractivity contribution in [1.29, 1.82) is 0 Å². The Balaban J connectivity index is 1.49. The molecule has 0 unspecified atom stereocenters. The molecule has 1 aliphatic heterocycles. The van der Waals surface area contributed by atoms with Crippen molar-refractivity contribution in [2.75, 3.05) is 12.4 Å². The molecule has 0 saturated carbocycles. The Morgan fingerprint density at radius 1 is 1.00 bits per heavy atom. The van der Waals surface area contributed by atoms with Crippen molar-refractivity contribution in [2.45, 2.75) is 11.8 Å². The van der Waals surface area contributed by atoms with Gasteiger partial charge in [0.15, 0.2) is 5.70 Å². The summed E-state index contributed by atoms with van der Waals surface area (Å²) in [5, 5.41) is 0. The normalized spacial score (nSPS) is 14.5. The third-order valence-corrected chi connectivity index (χ3v) is 5.43. The van der Waals surface area contributed by atoms with E-state index in [1.165, 1.54) is 4.90 Å². The number of ether oxygens (including phenoxy) is 2. The molecule has 1 heterocycles. The molecule has 30 heavy (non-hydrogen) atoms. The van der Waals surface area contributed by atoms with E-state index in [0.717, 1.165) is 28.2 Å². The lowest BCUT2D eigenvalue weighted by atomic mass is 10.1. The third kappa shape index (κ3) is 4.99. The molecule has 0 N–H and O–H groups in total. The van der Waals surface area contributed by atoms with Crippen LogP contribution in [0.2, 0.25) is 0 Å². The quantitative estimate of drug-likeness (QED) is 0.221. The summed E-state index contributed by atoms with van der Waals surface area (Å²) >= 11 is 1.74. The van der Waals surface area contributed by atoms with Crippen LogP contribution in [-0.2, 0) is 9.53 Å². The number of benzene rings is 3. The van der Waals surface area contributed by atoms with E-state index in [0.29, 0.717) is 12.5 Å². The minimum absolute atomic E-state index is 0.267. The molecule has 0 bridgehead atoms. The highest BCUT2D eigenvalue weighted by Gasteiger charge is 2.24. The summed E-state index contributed by atoms with van der Waals surface area (Å²) in [4.78, 5) is 17.9. The molecule has 0 amide bonds. The monoisotopic (exact) mass is 415 g/mol. The topological polar surface area (TPSA) is 47.9 Å². The number of cyclic esters (lactones) is 1. The van der Waals surface area contributed by atoms with Gasteiger partial charge in [-0.25, -0.2) is 9.79 Å². The molecule has 4 rings (SSSR count). The molecular weight excluding hydrogens is 394 g/mol. The molecule has 0 atom stereocenters. The van der Waals surface area contributed by atoms with Crippen LogP contribution in [-0.4, -0.2) is 24.2 Å². The molecule has 3 aromatic carbocycles. The molecule has 0 aromatic heterocycles. The van der Waals surface area contributed by atoms with Crippen molar-refractivity contribution >= 4 is 29.7 Å². The second kappa shape index (κ2) is 9.46. The minimum Gasteiger partial charge on any atom is -0.492 e. The van der Waals surface area contributed by atoms with Gasteiger partial charge in [0.25, 0.3) is 0 Å². The second-order valence-electron chi connectivity index (χ2n) is 6.75. The van der Waals surface area contributed by atoms with Crippen LogP contribution >= 0.6 is 11.8 Å². The highest BCUT2D eigenvalue weighted by Crippen LogP contribution is 2.26. The summed E-state index contributed by atoms with van der Waals surface area (Å²) in [5.41, 5.74) is 2.92. The van der Waals surface area contributed by atoms with Crippen LogP contribution in [0.1, 0.15) is 16.7 Å². The molecule has 0 spiro atoms. The zero-order valence-corrected chi connectivity index (χ0v) is 17.4. The van der Waals surface area contributed by atoms with Gasteiger partial charge in [0, 0.05) is 21.8 Å². The van der Waals surface area contributed by atoms with Gasteiger partial charge < -0.3 is 9.47 Å². The maximum Gasteiger partial charge on any atom is 0.363 e. The van der Waals surface area contributed by atoms with E-state index in [4.69, 9.17) is 9.47 Å². The molecule has 0 aliphatic carbocycles. The zero-order valence-electron chi connectivity index (χ0n) is 16.6. The zero-order chi connectivity index (χ0) is 20.8. The van der Waals surface area contributed by atoms with E-state index >= 15 is 0 Å². The Morgan fingerprint density at radius 3 is 2.50 bits per heavy atom. The van der Waals surface area contributed by atoms with Crippen molar-refractivity contribution in [3.8, 4) is 5.75 Å². The maximum absolute atomic E-state index is 12.3. The van der Waals surface area contributed by atoms with Gasteiger partial charge in [-0.1, -0.05) is 48.0 Å². The summed E-state index contributed by atoms with van der Waals surface area (Å²) < 4.78 is 11.4. The number of aryl methyl sites for hydroxylation is 1. The molecule has 4 nitrogen and oxygen atoms in total. The number of hydrogen-bond acceptors (Lipinski definition) is 5. The Morgan fingerprint density at radius 2 is 1.73 bits per heavy atom. The van der Waals surface area contributed by atoms with Gasteiger partial charge in [-0.3, -0.25) is 0 Å². The number of carbonyl (C=O) groups excluding carboxylic acids is 1. The predicted octanol–water partition coefficient (Wildman–Crippen LogP) is 5.51. The van der Waals surface area contributed by atoms with Gasteiger partial charge >= 0.3 is 5.97 Å². The first kappa shape index (κ1) is 20.0. The Hall–Kier alpha value is -3.31. The number of carbonyl (C=O) groups is 1. The lowest BCUT2D eigenvalue weighted by Gasteiger charge is -2.10. The van der Waals surface area contributed by atoms with Crippen LogP contribution in [0.15, 0.2) is 94.4 Å². The summed E-state index contributed by atoms with van der Waals surface area (Å²) in [5.74, 6) is 1.41. The average Bonchev–Trinajstić information content (AvgIpc) is 3.14. The molecule has 5 heteroatoms. The van der Waals surface area contributed by atoms with Crippen molar-refractivity contribution in [1.82, 2.24) is 0 Å². The molecule has 3 aromatic rings. The first-order chi connectivity index (χ1) is 14.7. The summed E-state index contributed by atoms with van der Waals surface area (Å²) in [7, 11) is 0. The molecular formula is C25H21NO3S. The lowest BCUT2D eigenvalue weighted by molar-refractivity contribution is -0.129. The first-order valence-electron chi connectivity index (χ1n) is 9.68. The minimum atomic E-state index is -0.457. The first-order valence-corrected chi connectivity index (χ1v) is 10.7. The molecule has 0 saturated heterocycles. The van der Waals surface area contributed by atoms with Crippen LogP contribution in [0.25, 0.3) is 6.08 Å². The van der Waals surface area contributed by atoms with Gasteiger partial charge in [-0.15, -0.1) is 11.8 Å². The smallest absolute Gasteiger partial charge is 0.363 e. The van der Waals surface area contributed by atoms with Gasteiger partial charge in [0.2, 0.25) is 5.90 Å². The van der Waals surface area contributed by atoms with Gasteiger partial charge in [0.1, 0.15) is 5.75 Å². The van der Waals surface area contributed by atoms with E-state index in [9.17, 15) is 4.79 Å². The fourth-order valence-electron chi connectivity index (χ4n) is 3.00. The molecule has 1 aliphatic rings. The van der Waals surface area contributed by atoms with Gasteiger partial charge in [0.05, 0.1) is 6.61 Å². The van der Waals surface area contributed by atoms with E-state index in [2.05, 4.69) is 17.1 Å². The fourth-order valence-corrected chi connectivity index (χ4v) is 3.75. The largest absolute Gasteiger partial charge is 0.492 e. The van der Waals surface area contributed by atoms with Crippen LogP contribution in [0.5, 0.6) is 5.75 Å². The third-order valence-electron chi connectivity index (χ3n) is 4.45. The van der Waals surface area contributed by atoms with Gasteiger partial charge in [-0.05, 0) is 49.4 Å². The maximum atomic E-state index is 12.3. The number of aliphatic imine (C=N–C) groups is 1. The summed E-state index contributed by atoms with van der Waals surface area (Å²) in [6.07, 6.45) is 1.73. The predicted molar refractivity (Wildman–Crippen MR) is 121 cm³/mol. The van der Waals surface area contributed by atoms with Crippen LogP contribution in [0.4, 0.5) is 0 Å². The summed E-state index contributed by atoms with van der Waals surface area (Å²) in [6.45, 7) is 2.56. The standard InChI is InChI=1S/C25H21NO3S/c1-18-12-13-23(28-14-15-30-21-10-6-3-7-11-21)20(16-18)17-22-25(27)29-24(26-22)19-8-4-2-5-9-19/h2-13,16-17H,14-15H2,1H3/b22-17+. The van der Waals surface area contributed by atoms with Crippen molar-refractivity contribution in [3.63, 3.8) is 0 Å². The van der Waals surface area contributed by atoms with E-state index in [-0.39, 0.29) is 5.70 Å². The number of thioether (sulfide) groups is 1. The van der Waals surface area contributed by atoms with Crippen LogP contribution in [0, 0.1) is 6.92 Å². The highest BCUT2D eigenvalue weighted by molar-refractivity contribution is 7.99. The summed E-state index contributed by atoms with van der Waals surface area (Å²) in [6, 6.07) is 25.5. The number of rotatable bonds is 7. The van der Waals surface area contributed by atoms with E-state index in [1.807, 2.05) is 73.7 Å². The Labute approximate surface area is 180 Å². The van der Waals surface area contributed by atoms with Crippen molar-refractivity contribution in [3.05, 3.63) is 101 Å².